The number of aromatic nitrogens is 1. The van der Waals surface area contributed by atoms with Crippen molar-refractivity contribution < 1.29 is 23.2 Å². The number of methoxy groups -OCH3 is 1. The van der Waals surface area contributed by atoms with E-state index in [2.05, 4.69) is 9.72 Å². The van der Waals surface area contributed by atoms with Crippen LogP contribution in [0.5, 0.6) is 11.5 Å². The predicted octanol–water partition coefficient (Wildman–Crippen LogP) is 3.24. The molecule has 0 bridgehead atoms. The van der Waals surface area contributed by atoms with Crippen molar-refractivity contribution in [3.05, 3.63) is 52.2 Å². The van der Waals surface area contributed by atoms with Crippen LogP contribution in [0.4, 0.5) is 20.3 Å². The van der Waals surface area contributed by atoms with Gasteiger partial charge in [-0.15, -0.1) is 0 Å². The summed E-state index contributed by atoms with van der Waals surface area (Å²) in [7, 11) is 2.98. The van der Waals surface area contributed by atoms with Crippen LogP contribution in [0.2, 0.25) is 0 Å². The Labute approximate surface area is 136 Å². The van der Waals surface area contributed by atoms with Crippen LogP contribution in [0.15, 0.2) is 36.5 Å². The molecule has 0 saturated heterocycles. The molecule has 0 unspecified atom stereocenters. The monoisotopic (exact) mass is 339 g/mol. The lowest BCUT2D eigenvalue weighted by molar-refractivity contribution is -0.384. The van der Waals surface area contributed by atoms with Gasteiger partial charge in [0.25, 0.3) is 0 Å². The molecule has 0 radical (unpaired) electrons. The number of ether oxygens (including phenoxy) is 2. The fourth-order valence-corrected chi connectivity index (χ4v) is 2.18. The van der Waals surface area contributed by atoms with Crippen LogP contribution in [-0.4, -0.2) is 30.7 Å². The van der Waals surface area contributed by atoms with E-state index in [4.69, 9.17) is 4.74 Å². The molecule has 0 atom stereocenters. The molecule has 0 saturated carbocycles. The molecule has 0 spiro atoms. The van der Waals surface area contributed by atoms with E-state index in [9.17, 15) is 18.9 Å². The number of nitro groups is 1. The number of hydrogen-bond donors (Lipinski definition) is 0. The van der Waals surface area contributed by atoms with Gasteiger partial charge in [-0.25, -0.2) is 4.98 Å². The van der Waals surface area contributed by atoms with E-state index < -0.39 is 11.5 Å². The summed E-state index contributed by atoms with van der Waals surface area (Å²) < 4.78 is 34.1. The SMILES string of the molecule is COc1cc(CN(C)c2ncccc2[N+](=O)[O-])ccc1OC(F)F. The molecule has 2 aromatic rings. The minimum absolute atomic E-state index is 0.0808. The summed E-state index contributed by atoms with van der Waals surface area (Å²) in [5, 5.41) is 11.1. The summed E-state index contributed by atoms with van der Waals surface area (Å²) in [4.78, 5) is 16.2. The zero-order valence-corrected chi connectivity index (χ0v) is 13.0. The minimum atomic E-state index is -2.96. The number of rotatable bonds is 7. The highest BCUT2D eigenvalue weighted by atomic mass is 19.3. The molecule has 0 amide bonds. The topological polar surface area (TPSA) is 77.7 Å². The number of alkyl halides is 2. The Morgan fingerprint density at radius 1 is 1.33 bits per heavy atom. The highest BCUT2D eigenvalue weighted by molar-refractivity contribution is 5.57. The van der Waals surface area contributed by atoms with Gasteiger partial charge in [0, 0.05) is 25.9 Å². The van der Waals surface area contributed by atoms with Crippen LogP contribution < -0.4 is 14.4 Å². The lowest BCUT2D eigenvalue weighted by Crippen LogP contribution is -2.19. The highest BCUT2D eigenvalue weighted by Gasteiger charge is 2.19. The van der Waals surface area contributed by atoms with Gasteiger partial charge >= 0.3 is 12.3 Å². The van der Waals surface area contributed by atoms with E-state index >= 15 is 0 Å². The van der Waals surface area contributed by atoms with Gasteiger partial charge in [0.15, 0.2) is 11.5 Å². The molecule has 1 aromatic carbocycles. The molecule has 0 aliphatic carbocycles. The number of benzene rings is 1. The summed E-state index contributed by atoms with van der Waals surface area (Å²) in [6.45, 7) is -2.69. The maximum absolute atomic E-state index is 12.3. The summed E-state index contributed by atoms with van der Waals surface area (Å²) in [5.74, 6) is 0.272. The van der Waals surface area contributed by atoms with Crippen molar-refractivity contribution >= 4 is 11.5 Å². The van der Waals surface area contributed by atoms with Crippen LogP contribution in [0.3, 0.4) is 0 Å². The number of hydrogen-bond acceptors (Lipinski definition) is 6. The average Bonchev–Trinajstić information content (AvgIpc) is 2.55. The van der Waals surface area contributed by atoms with Crippen molar-refractivity contribution in [3.8, 4) is 11.5 Å². The molecular weight excluding hydrogens is 324 g/mol. The molecule has 0 N–H and O–H groups in total. The lowest BCUT2D eigenvalue weighted by atomic mass is 10.2. The fraction of sp³-hybridized carbons (Fsp3) is 0.267. The smallest absolute Gasteiger partial charge is 0.387 e. The van der Waals surface area contributed by atoms with Crippen LogP contribution in [0.25, 0.3) is 0 Å². The average molecular weight is 339 g/mol. The van der Waals surface area contributed by atoms with Gasteiger partial charge < -0.3 is 14.4 Å². The van der Waals surface area contributed by atoms with Crippen LogP contribution >= 0.6 is 0 Å². The molecule has 1 heterocycles. The first-order valence-corrected chi connectivity index (χ1v) is 6.84. The van der Waals surface area contributed by atoms with Crippen LogP contribution in [0, 0.1) is 10.1 Å². The summed E-state index contributed by atoms with van der Waals surface area (Å²) in [5.41, 5.74) is 0.570. The second-order valence-electron chi connectivity index (χ2n) is 4.82. The van der Waals surface area contributed by atoms with Gasteiger partial charge in [0.2, 0.25) is 5.82 Å². The normalized spacial score (nSPS) is 10.5. The molecule has 128 valence electrons. The minimum Gasteiger partial charge on any atom is -0.493 e. The van der Waals surface area contributed by atoms with Crippen LogP contribution in [-0.2, 0) is 6.54 Å². The van der Waals surface area contributed by atoms with Gasteiger partial charge in [-0.05, 0) is 23.8 Å². The quantitative estimate of drug-likeness (QED) is 0.569. The van der Waals surface area contributed by atoms with Crippen molar-refractivity contribution in [2.24, 2.45) is 0 Å². The predicted molar refractivity (Wildman–Crippen MR) is 82.6 cm³/mol. The molecular formula is C15H15F2N3O4. The maximum atomic E-state index is 12.3. The van der Waals surface area contributed by atoms with E-state index in [1.807, 2.05) is 0 Å². The molecule has 0 aliphatic rings. The molecule has 7 nitrogen and oxygen atoms in total. The molecule has 0 fully saturated rings. The van der Waals surface area contributed by atoms with Crippen LogP contribution in [0.1, 0.15) is 5.56 Å². The zero-order valence-electron chi connectivity index (χ0n) is 13.0. The van der Waals surface area contributed by atoms with Gasteiger partial charge in [0.1, 0.15) is 0 Å². The summed E-state index contributed by atoms with van der Waals surface area (Å²) in [6, 6.07) is 7.31. The molecule has 2 rings (SSSR count). The largest absolute Gasteiger partial charge is 0.493 e. The highest BCUT2D eigenvalue weighted by Crippen LogP contribution is 2.31. The third-order valence-electron chi connectivity index (χ3n) is 3.19. The Morgan fingerprint density at radius 2 is 2.08 bits per heavy atom. The number of pyridine rings is 1. The molecule has 1 aromatic heterocycles. The Hall–Kier alpha value is -2.97. The van der Waals surface area contributed by atoms with E-state index in [-0.39, 0.29) is 29.5 Å². The Morgan fingerprint density at radius 3 is 2.71 bits per heavy atom. The first kappa shape index (κ1) is 17.4. The van der Waals surface area contributed by atoms with Crippen molar-refractivity contribution in [2.45, 2.75) is 13.2 Å². The second kappa shape index (κ2) is 7.53. The van der Waals surface area contributed by atoms with Crippen molar-refractivity contribution in [3.63, 3.8) is 0 Å². The molecule has 0 aliphatic heterocycles. The standard InChI is InChI=1S/C15H15F2N3O4/c1-19(14-11(20(21)22)4-3-7-18-14)9-10-5-6-12(24-15(16)17)13(8-10)23-2/h3-8,15H,9H2,1-2H3. The van der Waals surface area contributed by atoms with E-state index in [0.29, 0.717) is 5.56 Å². The number of nitrogens with zero attached hydrogens (tertiary/aromatic N) is 3. The first-order chi connectivity index (χ1) is 11.4. The Balaban J connectivity index is 2.23. The first-order valence-electron chi connectivity index (χ1n) is 6.84. The maximum Gasteiger partial charge on any atom is 0.387 e. The molecule has 24 heavy (non-hydrogen) atoms. The summed E-state index contributed by atoms with van der Waals surface area (Å²) in [6.07, 6.45) is 1.46. The lowest BCUT2D eigenvalue weighted by Gasteiger charge is -2.19. The third-order valence-corrected chi connectivity index (χ3v) is 3.19. The number of anilines is 1. The van der Waals surface area contributed by atoms with E-state index in [0.717, 1.165) is 0 Å². The third kappa shape index (κ3) is 4.06. The van der Waals surface area contributed by atoms with Crippen molar-refractivity contribution in [1.82, 2.24) is 4.98 Å². The van der Waals surface area contributed by atoms with E-state index in [1.54, 1.807) is 18.0 Å². The fourth-order valence-electron chi connectivity index (χ4n) is 2.18. The molecule has 9 heteroatoms. The van der Waals surface area contributed by atoms with Gasteiger partial charge in [-0.3, -0.25) is 10.1 Å². The van der Waals surface area contributed by atoms with Gasteiger partial charge in [-0.2, -0.15) is 8.78 Å². The Kier molecular flexibility index (Phi) is 5.46. The van der Waals surface area contributed by atoms with Gasteiger partial charge in [-0.1, -0.05) is 6.07 Å². The second-order valence-corrected chi connectivity index (χ2v) is 4.82. The van der Waals surface area contributed by atoms with Gasteiger partial charge in [0.05, 0.1) is 12.0 Å². The van der Waals surface area contributed by atoms with Crippen molar-refractivity contribution in [2.75, 3.05) is 19.1 Å². The summed E-state index contributed by atoms with van der Waals surface area (Å²) >= 11 is 0. The van der Waals surface area contributed by atoms with E-state index in [1.165, 1.54) is 37.6 Å². The Bertz CT molecular complexity index is 728. The van der Waals surface area contributed by atoms with Crippen molar-refractivity contribution in [1.29, 1.82) is 0 Å². The number of halogens is 2. The zero-order chi connectivity index (χ0) is 17.7.